The molecule has 17 heavy (non-hydrogen) atoms. The molecule has 0 radical (unpaired) electrons. The first-order chi connectivity index (χ1) is 8.25. The van der Waals surface area contributed by atoms with Crippen LogP contribution in [0.3, 0.4) is 0 Å². The van der Waals surface area contributed by atoms with Crippen LogP contribution in [0, 0.1) is 5.92 Å². The monoisotopic (exact) mass is 236 g/mol. The summed E-state index contributed by atoms with van der Waals surface area (Å²) in [6, 6.07) is 4.77. The number of furan rings is 1. The summed E-state index contributed by atoms with van der Waals surface area (Å²) in [6.07, 6.45) is 4.28. The number of piperidine rings is 1. The molecule has 3 heteroatoms. The van der Waals surface area contributed by atoms with E-state index in [0.717, 1.165) is 31.9 Å². The number of hydrogen-bond donors (Lipinski definition) is 1. The van der Waals surface area contributed by atoms with Crippen LogP contribution in [0.5, 0.6) is 0 Å². The highest BCUT2D eigenvalue weighted by Crippen LogP contribution is 2.17. The second kappa shape index (κ2) is 6.22. The fourth-order valence-electron chi connectivity index (χ4n) is 2.59. The molecule has 0 atom stereocenters. The van der Waals surface area contributed by atoms with E-state index in [2.05, 4.69) is 30.1 Å². The van der Waals surface area contributed by atoms with Crippen LogP contribution < -0.4 is 5.32 Å². The summed E-state index contributed by atoms with van der Waals surface area (Å²) in [5.41, 5.74) is 0. The van der Waals surface area contributed by atoms with E-state index < -0.39 is 0 Å². The van der Waals surface area contributed by atoms with Crippen molar-refractivity contribution in [3.63, 3.8) is 0 Å². The van der Waals surface area contributed by atoms with Gasteiger partial charge in [-0.3, -0.25) is 4.90 Å². The van der Waals surface area contributed by atoms with Gasteiger partial charge in [-0.2, -0.15) is 0 Å². The molecule has 0 amide bonds. The first kappa shape index (κ1) is 12.7. The van der Waals surface area contributed by atoms with Crippen molar-refractivity contribution in [2.75, 3.05) is 19.6 Å². The molecule has 1 aromatic rings. The van der Waals surface area contributed by atoms with Gasteiger partial charge in [-0.15, -0.1) is 0 Å². The van der Waals surface area contributed by atoms with Crippen molar-refractivity contribution in [3.05, 3.63) is 24.2 Å². The Balaban J connectivity index is 1.96. The molecule has 1 saturated heterocycles. The standard InChI is InChI=1S/C14H24N2O/c1-12(2)10-16(11-14-4-3-9-17-14)13-5-7-15-8-6-13/h3-4,9,12-13,15H,5-8,10-11H2,1-2H3. The Bertz CT molecular complexity index is 302. The summed E-state index contributed by atoms with van der Waals surface area (Å²) < 4.78 is 5.48. The zero-order valence-corrected chi connectivity index (χ0v) is 11.0. The van der Waals surface area contributed by atoms with Gasteiger partial charge in [-0.1, -0.05) is 13.8 Å². The molecular weight excluding hydrogens is 212 g/mol. The van der Waals surface area contributed by atoms with E-state index in [-0.39, 0.29) is 0 Å². The Morgan fingerprint density at radius 2 is 2.18 bits per heavy atom. The van der Waals surface area contributed by atoms with Gasteiger partial charge in [-0.05, 0) is 44.0 Å². The normalized spacial score (nSPS) is 18.1. The summed E-state index contributed by atoms with van der Waals surface area (Å²) in [7, 11) is 0. The third-order valence-electron chi connectivity index (χ3n) is 3.36. The highest BCUT2D eigenvalue weighted by atomic mass is 16.3. The van der Waals surface area contributed by atoms with Crippen LogP contribution in [0.2, 0.25) is 0 Å². The smallest absolute Gasteiger partial charge is 0.117 e. The third-order valence-corrected chi connectivity index (χ3v) is 3.36. The highest BCUT2D eigenvalue weighted by molar-refractivity contribution is 4.98. The lowest BCUT2D eigenvalue weighted by Gasteiger charge is -2.35. The van der Waals surface area contributed by atoms with Gasteiger partial charge >= 0.3 is 0 Å². The molecule has 3 nitrogen and oxygen atoms in total. The third kappa shape index (κ3) is 3.86. The van der Waals surface area contributed by atoms with Crippen molar-refractivity contribution in [3.8, 4) is 0 Å². The van der Waals surface area contributed by atoms with Crippen molar-refractivity contribution in [2.45, 2.75) is 39.3 Å². The molecule has 2 heterocycles. The summed E-state index contributed by atoms with van der Waals surface area (Å²) in [6.45, 7) is 8.99. The van der Waals surface area contributed by atoms with Crippen LogP contribution in [0.15, 0.2) is 22.8 Å². The molecule has 96 valence electrons. The lowest BCUT2D eigenvalue weighted by atomic mass is 10.0. The van der Waals surface area contributed by atoms with Gasteiger partial charge in [0.25, 0.3) is 0 Å². The van der Waals surface area contributed by atoms with Gasteiger partial charge in [0.2, 0.25) is 0 Å². The first-order valence-corrected chi connectivity index (χ1v) is 6.73. The molecule has 1 aliphatic rings. The van der Waals surface area contributed by atoms with E-state index in [9.17, 15) is 0 Å². The van der Waals surface area contributed by atoms with Crippen LogP contribution in [0.25, 0.3) is 0 Å². The minimum Gasteiger partial charge on any atom is -0.468 e. The number of rotatable bonds is 5. The van der Waals surface area contributed by atoms with Gasteiger partial charge < -0.3 is 9.73 Å². The zero-order chi connectivity index (χ0) is 12.1. The van der Waals surface area contributed by atoms with Crippen molar-refractivity contribution in [1.29, 1.82) is 0 Å². The summed E-state index contributed by atoms with van der Waals surface area (Å²) >= 11 is 0. The average Bonchev–Trinajstić information content (AvgIpc) is 2.82. The Hall–Kier alpha value is -0.800. The Labute approximate surface area is 104 Å². The molecular formula is C14H24N2O. The first-order valence-electron chi connectivity index (χ1n) is 6.73. The molecule has 0 spiro atoms. The minimum absolute atomic E-state index is 0.708. The lowest BCUT2D eigenvalue weighted by Crippen LogP contribution is -2.44. The molecule has 1 aromatic heterocycles. The van der Waals surface area contributed by atoms with E-state index in [0.29, 0.717) is 12.0 Å². The molecule has 1 N–H and O–H groups in total. The fourth-order valence-corrected chi connectivity index (χ4v) is 2.59. The molecule has 2 rings (SSSR count). The Morgan fingerprint density at radius 1 is 1.41 bits per heavy atom. The van der Waals surface area contributed by atoms with Crippen LogP contribution in [0.4, 0.5) is 0 Å². The SMILES string of the molecule is CC(C)CN(Cc1ccco1)C1CCNCC1. The Kier molecular flexibility index (Phi) is 4.63. The van der Waals surface area contributed by atoms with Gasteiger partial charge in [0, 0.05) is 12.6 Å². The van der Waals surface area contributed by atoms with E-state index in [1.165, 1.54) is 12.8 Å². The van der Waals surface area contributed by atoms with Crippen LogP contribution in [-0.4, -0.2) is 30.6 Å². The van der Waals surface area contributed by atoms with E-state index in [4.69, 9.17) is 4.42 Å². The van der Waals surface area contributed by atoms with Gasteiger partial charge in [0.1, 0.15) is 5.76 Å². The van der Waals surface area contributed by atoms with Crippen LogP contribution in [-0.2, 0) is 6.54 Å². The van der Waals surface area contributed by atoms with Crippen molar-refractivity contribution in [1.82, 2.24) is 10.2 Å². The topological polar surface area (TPSA) is 28.4 Å². The Morgan fingerprint density at radius 3 is 2.76 bits per heavy atom. The quantitative estimate of drug-likeness (QED) is 0.851. The fraction of sp³-hybridized carbons (Fsp3) is 0.714. The molecule has 0 unspecified atom stereocenters. The van der Waals surface area contributed by atoms with Crippen molar-refractivity contribution in [2.24, 2.45) is 5.92 Å². The largest absolute Gasteiger partial charge is 0.468 e. The number of nitrogens with zero attached hydrogens (tertiary/aromatic N) is 1. The summed E-state index contributed by atoms with van der Waals surface area (Å²) in [5, 5.41) is 3.43. The van der Waals surface area contributed by atoms with Crippen LogP contribution >= 0.6 is 0 Å². The second-order valence-electron chi connectivity index (χ2n) is 5.38. The molecule has 0 aliphatic carbocycles. The lowest BCUT2D eigenvalue weighted by molar-refractivity contribution is 0.128. The molecule has 0 aromatic carbocycles. The maximum Gasteiger partial charge on any atom is 0.117 e. The number of hydrogen-bond acceptors (Lipinski definition) is 3. The van der Waals surface area contributed by atoms with Gasteiger partial charge in [0.15, 0.2) is 0 Å². The van der Waals surface area contributed by atoms with Gasteiger partial charge in [-0.25, -0.2) is 0 Å². The van der Waals surface area contributed by atoms with Gasteiger partial charge in [0.05, 0.1) is 12.8 Å². The van der Waals surface area contributed by atoms with E-state index >= 15 is 0 Å². The number of nitrogens with one attached hydrogen (secondary N) is 1. The van der Waals surface area contributed by atoms with Crippen LogP contribution in [0.1, 0.15) is 32.4 Å². The predicted octanol–water partition coefficient (Wildman–Crippen LogP) is 2.49. The minimum atomic E-state index is 0.708. The molecule has 1 fully saturated rings. The maximum atomic E-state index is 5.48. The van der Waals surface area contributed by atoms with E-state index in [1.807, 2.05) is 6.07 Å². The summed E-state index contributed by atoms with van der Waals surface area (Å²) in [4.78, 5) is 2.59. The second-order valence-corrected chi connectivity index (χ2v) is 5.38. The predicted molar refractivity (Wildman–Crippen MR) is 69.8 cm³/mol. The van der Waals surface area contributed by atoms with Crippen molar-refractivity contribution >= 4 is 0 Å². The summed E-state index contributed by atoms with van der Waals surface area (Å²) in [5.74, 6) is 1.80. The molecule has 0 saturated carbocycles. The average molecular weight is 236 g/mol. The maximum absolute atomic E-state index is 5.48. The van der Waals surface area contributed by atoms with E-state index in [1.54, 1.807) is 6.26 Å². The van der Waals surface area contributed by atoms with Crippen molar-refractivity contribution < 1.29 is 4.42 Å². The zero-order valence-electron chi connectivity index (χ0n) is 11.0. The molecule has 0 bridgehead atoms. The highest BCUT2D eigenvalue weighted by Gasteiger charge is 2.22. The molecule has 1 aliphatic heterocycles.